The molecule has 0 unspecified atom stereocenters. The summed E-state index contributed by atoms with van der Waals surface area (Å²) in [5.41, 5.74) is 13.4. The molecule has 0 saturated carbocycles. The van der Waals surface area contributed by atoms with E-state index in [0.29, 0.717) is 36.4 Å². The van der Waals surface area contributed by atoms with Gasteiger partial charge in [0.2, 0.25) is 5.91 Å². The molecule has 1 heterocycles. The van der Waals surface area contributed by atoms with Crippen LogP contribution in [0.3, 0.4) is 0 Å². The highest BCUT2D eigenvalue weighted by Gasteiger charge is 2.06. The number of hydrogen-bond acceptors (Lipinski definition) is 6. The molecule has 12 heteroatoms. The third-order valence-electron chi connectivity index (χ3n) is 3.20. The molecule has 0 saturated heterocycles. The number of aromatic nitrogens is 1. The number of carbonyl (C=O) groups excluding carboxylic acids is 1. The normalized spacial score (nSPS) is 10.1. The highest BCUT2D eigenvalue weighted by molar-refractivity contribution is 5.97. The molecular formula is C19H21N3O9. The van der Waals surface area contributed by atoms with E-state index in [1.54, 1.807) is 12.1 Å². The number of nitrogens with one attached hydrogen (secondary N) is 1. The number of hydrogen-bond donors (Lipinski definition) is 7. The zero-order valence-electron chi connectivity index (χ0n) is 16.0. The number of H-pyrrole nitrogens is 1. The molecule has 0 fully saturated rings. The first kappa shape index (κ1) is 26.6. The van der Waals surface area contributed by atoms with Gasteiger partial charge in [0.05, 0.1) is 0 Å². The highest BCUT2D eigenvalue weighted by Crippen LogP contribution is 2.19. The van der Waals surface area contributed by atoms with Crippen LogP contribution in [0.2, 0.25) is 0 Å². The van der Waals surface area contributed by atoms with E-state index in [4.69, 9.17) is 31.9 Å². The number of primary amides is 1. The Morgan fingerprint density at radius 2 is 1.29 bits per heavy atom. The van der Waals surface area contributed by atoms with Gasteiger partial charge in [0, 0.05) is 47.0 Å². The molecule has 0 aliphatic heterocycles. The fourth-order valence-corrected chi connectivity index (χ4v) is 1.98. The summed E-state index contributed by atoms with van der Waals surface area (Å²) < 4.78 is 0. The Balaban J connectivity index is 0.000000483. The summed E-state index contributed by atoms with van der Waals surface area (Å²) in [6.07, 6.45) is 4.94. The van der Waals surface area contributed by atoms with Gasteiger partial charge in [-0.15, -0.1) is 0 Å². The summed E-state index contributed by atoms with van der Waals surface area (Å²) in [6, 6.07) is 5.38. The molecule has 0 aliphatic carbocycles. The Bertz CT molecular complexity index is 940. The quantitative estimate of drug-likeness (QED) is 0.291. The van der Waals surface area contributed by atoms with Crippen LogP contribution in [0.25, 0.3) is 10.9 Å². The van der Waals surface area contributed by atoms with Crippen LogP contribution in [0, 0.1) is 0 Å². The summed E-state index contributed by atoms with van der Waals surface area (Å²) in [4.78, 5) is 52.4. The molecule has 31 heavy (non-hydrogen) atoms. The van der Waals surface area contributed by atoms with Crippen LogP contribution in [0.5, 0.6) is 0 Å². The van der Waals surface area contributed by atoms with E-state index in [0.717, 1.165) is 22.9 Å². The zero-order valence-corrected chi connectivity index (χ0v) is 16.0. The SMILES string of the molecule is NCCc1c[nH]c2ccc(C(N)=O)cc12.O=C(O)C=CC(=O)O.O=C(O)C=CC(=O)O. The first-order valence-electron chi connectivity index (χ1n) is 8.35. The number of aromatic amines is 1. The molecule has 0 bridgehead atoms. The first-order chi connectivity index (χ1) is 14.5. The molecule has 166 valence electrons. The molecule has 9 N–H and O–H groups in total. The van der Waals surface area contributed by atoms with Crippen molar-refractivity contribution in [3.05, 3.63) is 59.8 Å². The van der Waals surface area contributed by atoms with Crippen LogP contribution < -0.4 is 11.5 Å². The lowest BCUT2D eigenvalue weighted by Gasteiger charge is -1.98. The zero-order chi connectivity index (χ0) is 24.0. The van der Waals surface area contributed by atoms with Crippen LogP contribution in [0.4, 0.5) is 0 Å². The summed E-state index contributed by atoms with van der Waals surface area (Å²) in [6.45, 7) is 0.591. The summed E-state index contributed by atoms with van der Waals surface area (Å²) >= 11 is 0. The van der Waals surface area contributed by atoms with Crippen molar-refractivity contribution in [2.75, 3.05) is 6.54 Å². The van der Waals surface area contributed by atoms with Gasteiger partial charge < -0.3 is 36.9 Å². The van der Waals surface area contributed by atoms with E-state index in [-0.39, 0.29) is 0 Å². The number of carboxylic acid groups (broad SMARTS) is 4. The van der Waals surface area contributed by atoms with Crippen LogP contribution in [-0.4, -0.2) is 61.7 Å². The van der Waals surface area contributed by atoms with Gasteiger partial charge in [0.1, 0.15) is 0 Å². The van der Waals surface area contributed by atoms with Crippen molar-refractivity contribution in [3.8, 4) is 0 Å². The Kier molecular flexibility index (Phi) is 11.7. The molecule has 12 nitrogen and oxygen atoms in total. The van der Waals surface area contributed by atoms with Crippen molar-refractivity contribution in [1.82, 2.24) is 4.98 Å². The molecule has 1 aromatic carbocycles. The maximum atomic E-state index is 11.0. The van der Waals surface area contributed by atoms with E-state index >= 15 is 0 Å². The summed E-state index contributed by atoms with van der Waals surface area (Å²) in [5, 5.41) is 32.3. The second-order valence-corrected chi connectivity index (χ2v) is 5.50. The molecule has 2 rings (SSSR count). The second kappa shape index (κ2) is 13.7. The molecule has 2 aromatic rings. The van der Waals surface area contributed by atoms with Crippen LogP contribution >= 0.6 is 0 Å². The fraction of sp³-hybridized carbons (Fsp3) is 0.105. The largest absolute Gasteiger partial charge is 0.478 e. The number of fused-ring (bicyclic) bond motifs is 1. The van der Waals surface area contributed by atoms with E-state index in [1.165, 1.54) is 0 Å². The van der Waals surface area contributed by atoms with Crippen LogP contribution in [-0.2, 0) is 25.6 Å². The Hall–Kier alpha value is -4.45. The van der Waals surface area contributed by atoms with E-state index in [2.05, 4.69) is 4.98 Å². The van der Waals surface area contributed by atoms with E-state index < -0.39 is 29.8 Å². The van der Waals surface area contributed by atoms with Gasteiger partial charge in [-0.1, -0.05) is 0 Å². The molecule has 1 amide bonds. The average Bonchev–Trinajstić information content (AvgIpc) is 3.08. The highest BCUT2D eigenvalue weighted by atomic mass is 16.4. The summed E-state index contributed by atoms with van der Waals surface area (Å²) in [7, 11) is 0. The predicted molar refractivity (Wildman–Crippen MR) is 108 cm³/mol. The lowest BCUT2D eigenvalue weighted by atomic mass is 10.1. The molecule has 0 aliphatic rings. The minimum absolute atomic E-state index is 0.406. The number of nitrogens with two attached hydrogens (primary N) is 2. The van der Waals surface area contributed by atoms with Crippen molar-refractivity contribution in [1.29, 1.82) is 0 Å². The van der Waals surface area contributed by atoms with Crippen molar-refractivity contribution >= 4 is 40.7 Å². The standard InChI is InChI=1S/C11H13N3O.2C4H4O4/c12-4-3-8-6-14-10-2-1-7(11(13)15)5-9(8)10;2*5-3(6)1-2-4(7)8/h1-2,5-6,14H,3-4,12H2,(H2,13,15);2*1-2H,(H,5,6)(H,7,8). The van der Waals surface area contributed by atoms with Gasteiger partial charge >= 0.3 is 23.9 Å². The number of rotatable bonds is 7. The van der Waals surface area contributed by atoms with Crippen LogP contribution in [0.1, 0.15) is 15.9 Å². The topological polar surface area (TPSA) is 234 Å². The minimum Gasteiger partial charge on any atom is -0.478 e. The monoisotopic (exact) mass is 435 g/mol. The van der Waals surface area contributed by atoms with Gasteiger partial charge in [-0.05, 0) is 36.7 Å². The number of carboxylic acids is 4. The van der Waals surface area contributed by atoms with Gasteiger partial charge in [-0.3, -0.25) is 4.79 Å². The van der Waals surface area contributed by atoms with Gasteiger partial charge in [0.25, 0.3) is 0 Å². The molecule has 0 atom stereocenters. The smallest absolute Gasteiger partial charge is 0.328 e. The average molecular weight is 435 g/mol. The summed E-state index contributed by atoms with van der Waals surface area (Å²) in [5.74, 6) is -5.43. The third-order valence-corrected chi connectivity index (χ3v) is 3.20. The molecular weight excluding hydrogens is 414 g/mol. The van der Waals surface area contributed by atoms with Crippen molar-refractivity contribution in [2.24, 2.45) is 11.5 Å². The van der Waals surface area contributed by atoms with Gasteiger partial charge in [-0.2, -0.15) is 0 Å². The maximum Gasteiger partial charge on any atom is 0.328 e. The number of carbonyl (C=O) groups is 5. The van der Waals surface area contributed by atoms with E-state index in [1.807, 2.05) is 12.3 Å². The first-order valence-corrected chi connectivity index (χ1v) is 8.35. The number of aliphatic carboxylic acids is 4. The lowest BCUT2D eigenvalue weighted by Crippen LogP contribution is -2.10. The number of amides is 1. The molecule has 1 aromatic heterocycles. The van der Waals surface area contributed by atoms with Crippen molar-refractivity contribution < 1.29 is 44.4 Å². The van der Waals surface area contributed by atoms with Gasteiger partial charge in [0.15, 0.2) is 0 Å². The van der Waals surface area contributed by atoms with Gasteiger partial charge in [-0.25, -0.2) is 19.2 Å². The lowest BCUT2D eigenvalue weighted by molar-refractivity contribution is -0.134. The third kappa shape index (κ3) is 11.9. The predicted octanol–water partition coefficient (Wildman–Crippen LogP) is 0.192. The van der Waals surface area contributed by atoms with Crippen LogP contribution in [0.15, 0.2) is 48.7 Å². The van der Waals surface area contributed by atoms with Crippen molar-refractivity contribution in [2.45, 2.75) is 6.42 Å². The second-order valence-electron chi connectivity index (χ2n) is 5.50. The minimum atomic E-state index is -1.26. The number of benzene rings is 1. The van der Waals surface area contributed by atoms with E-state index in [9.17, 15) is 24.0 Å². The molecule has 0 radical (unpaired) electrons. The van der Waals surface area contributed by atoms with Crippen molar-refractivity contribution in [3.63, 3.8) is 0 Å². The fourth-order valence-electron chi connectivity index (χ4n) is 1.98. The maximum absolute atomic E-state index is 11.0. The Labute approximate surface area is 175 Å². The Morgan fingerprint density at radius 1 is 0.839 bits per heavy atom. The molecule has 0 spiro atoms. The Morgan fingerprint density at radius 3 is 1.65 bits per heavy atom.